The fourth-order valence-electron chi connectivity index (χ4n) is 2.88. The molecule has 0 amide bonds. The van der Waals surface area contributed by atoms with Crippen LogP contribution in [0.15, 0.2) is 40.4 Å². The van der Waals surface area contributed by atoms with Gasteiger partial charge in [0, 0.05) is 16.5 Å². The average molecular weight is 419 g/mol. The molecular formula is C20H19BrO5. The molecule has 6 heteroatoms. The van der Waals surface area contributed by atoms with E-state index in [1.165, 1.54) is 0 Å². The van der Waals surface area contributed by atoms with Gasteiger partial charge in [0.1, 0.15) is 5.75 Å². The highest BCUT2D eigenvalue weighted by Gasteiger charge is 2.22. The van der Waals surface area contributed by atoms with E-state index in [2.05, 4.69) is 15.9 Å². The first kappa shape index (κ1) is 18.3. The molecule has 2 aromatic rings. The number of hydrogen-bond acceptors (Lipinski definition) is 5. The summed E-state index contributed by atoms with van der Waals surface area (Å²) in [5.41, 5.74) is 2.02. The number of rotatable bonds is 4. The lowest BCUT2D eigenvalue weighted by molar-refractivity contribution is 0.103. The monoisotopic (exact) mass is 418 g/mol. The van der Waals surface area contributed by atoms with Crippen LogP contribution >= 0.6 is 15.9 Å². The molecule has 0 spiro atoms. The lowest BCUT2D eigenvalue weighted by Gasteiger charge is -2.13. The Labute approximate surface area is 160 Å². The highest BCUT2D eigenvalue weighted by molar-refractivity contribution is 9.10. The zero-order valence-electron chi connectivity index (χ0n) is 14.8. The van der Waals surface area contributed by atoms with Crippen molar-refractivity contribution in [1.82, 2.24) is 0 Å². The molecule has 3 rings (SSSR count). The van der Waals surface area contributed by atoms with Crippen molar-refractivity contribution >= 4 is 27.8 Å². The first-order valence-corrected chi connectivity index (χ1v) is 8.84. The van der Waals surface area contributed by atoms with Crippen molar-refractivity contribution in [2.24, 2.45) is 0 Å². The summed E-state index contributed by atoms with van der Waals surface area (Å²) >= 11 is 3.40. The van der Waals surface area contributed by atoms with Crippen LogP contribution in [0.1, 0.15) is 22.3 Å². The molecule has 0 radical (unpaired) electrons. The molecule has 0 unspecified atom stereocenters. The van der Waals surface area contributed by atoms with E-state index in [0.717, 1.165) is 10.0 Å². The molecule has 136 valence electrons. The van der Waals surface area contributed by atoms with E-state index in [1.54, 1.807) is 27.4 Å². The molecular weight excluding hydrogens is 400 g/mol. The molecule has 1 aliphatic heterocycles. The lowest BCUT2D eigenvalue weighted by Crippen LogP contribution is -2.02. The fourth-order valence-corrected chi connectivity index (χ4v) is 3.22. The van der Waals surface area contributed by atoms with Crippen molar-refractivity contribution in [1.29, 1.82) is 0 Å². The zero-order chi connectivity index (χ0) is 18.7. The zero-order valence-corrected chi connectivity index (χ0v) is 16.4. The highest BCUT2D eigenvalue weighted by Crippen LogP contribution is 2.39. The van der Waals surface area contributed by atoms with Crippen molar-refractivity contribution in [2.45, 2.75) is 6.42 Å². The third-order valence-corrected chi connectivity index (χ3v) is 4.63. The number of halogens is 1. The maximum absolute atomic E-state index is 12.9. The fraction of sp³-hybridized carbons (Fsp3) is 0.250. The SMILES string of the molecule is COc1cc(C=C2CCOc3cc(Br)ccc3C2=O)cc(OC)c1OC. The second-order valence-electron chi connectivity index (χ2n) is 5.70. The largest absolute Gasteiger partial charge is 0.493 e. The van der Waals surface area contributed by atoms with E-state index < -0.39 is 0 Å². The van der Waals surface area contributed by atoms with Crippen LogP contribution in [0.3, 0.4) is 0 Å². The number of carbonyl (C=O) groups excluding carboxylic acids is 1. The quantitative estimate of drug-likeness (QED) is 0.682. The number of carbonyl (C=O) groups is 1. The molecule has 0 atom stereocenters. The van der Waals surface area contributed by atoms with Gasteiger partial charge < -0.3 is 18.9 Å². The summed E-state index contributed by atoms with van der Waals surface area (Å²) in [6.45, 7) is 0.436. The minimum Gasteiger partial charge on any atom is -0.493 e. The summed E-state index contributed by atoms with van der Waals surface area (Å²) in [7, 11) is 4.68. The van der Waals surface area contributed by atoms with Crippen molar-refractivity contribution in [3.8, 4) is 23.0 Å². The lowest BCUT2D eigenvalue weighted by atomic mass is 9.99. The molecule has 1 heterocycles. The van der Waals surface area contributed by atoms with Gasteiger partial charge in [-0.2, -0.15) is 0 Å². The molecule has 0 saturated carbocycles. The van der Waals surface area contributed by atoms with Crippen LogP contribution in [0.4, 0.5) is 0 Å². The van der Waals surface area contributed by atoms with Crippen LogP contribution in [-0.2, 0) is 0 Å². The Hall–Kier alpha value is -2.47. The van der Waals surface area contributed by atoms with Crippen molar-refractivity contribution in [2.75, 3.05) is 27.9 Å². The van der Waals surface area contributed by atoms with Gasteiger partial charge in [0.2, 0.25) is 5.75 Å². The van der Waals surface area contributed by atoms with Crippen LogP contribution < -0.4 is 18.9 Å². The first-order valence-electron chi connectivity index (χ1n) is 8.05. The summed E-state index contributed by atoms with van der Waals surface area (Å²) in [4.78, 5) is 12.9. The highest BCUT2D eigenvalue weighted by atomic mass is 79.9. The van der Waals surface area contributed by atoms with E-state index in [9.17, 15) is 4.79 Å². The molecule has 0 saturated heterocycles. The van der Waals surface area contributed by atoms with Crippen molar-refractivity contribution < 1.29 is 23.7 Å². The maximum atomic E-state index is 12.9. The van der Waals surface area contributed by atoms with E-state index >= 15 is 0 Å². The standard InChI is InChI=1S/C20H19BrO5/c1-23-17-9-12(10-18(24-2)20(17)25-3)8-13-6-7-26-16-11-14(21)4-5-15(16)19(13)22/h4-5,8-11H,6-7H2,1-3H3. The summed E-state index contributed by atoms with van der Waals surface area (Å²) in [6.07, 6.45) is 2.36. The molecule has 0 fully saturated rings. The van der Waals surface area contributed by atoms with Gasteiger partial charge in [-0.25, -0.2) is 0 Å². The number of ether oxygens (including phenoxy) is 4. The number of benzene rings is 2. The summed E-state index contributed by atoms with van der Waals surface area (Å²) in [6, 6.07) is 9.06. The smallest absolute Gasteiger partial charge is 0.203 e. The summed E-state index contributed by atoms with van der Waals surface area (Å²) in [5.74, 6) is 2.15. The normalized spacial score (nSPS) is 15.1. The molecule has 0 N–H and O–H groups in total. The van der Waals surface area contributed by atoms with Crippen LogP contribution in [0, 0.1) is 0 Å². The topological polar surface area (TPSA) is 54.0 Å². The van der Waals surface area contributed by atoms with Gasteiger partial charge in [0.25, 0.3) is 0 Å². The predicted molar refractivity (Wildman–Crippen MR) is 103 cm³/mol. The first-order chi connectivity index (χ1) is 12.6. The van der Waals surface area contributed by atoms with Gasteiger partial charge in [-0.05, 0) is 42.0 Å². The summed E-state index contributed by atoms with van der Waals surface area (Å²) < 4.78 is 22.7. The molecule has 0 bridgehead atoms. The van der Waals surface area contributed by atoms with Gasteiger partial charge in [-0.1, -0.05) is 15.9 Å². The summed E-state index contributed by atoms with van der Waals surface area (Å²) in [5, 5.41) is 0. The number of ketones is 1. The Morgan fingerprint density at radius 2 is 1.73 bits per heavy atom. The molecule has 26 heavy (non-hydrogen) atoms. The van der Waals surface area contributed by atoms with Gasteiger partial charge in [0.05, 0.1) is 33.5 Å². The second kappa shape index (κ2) is 7.83. The molecule has 0 aliphatic carbocycles. The van der Waals surface area contributed by atoms with Gasteiger partial charge >= 0.3 is 0 Å². The molecule has 1 aliphatic rings. The number of methoxy groups -OCH3 is 3. The molecule has 0 aromatic heterocycles. The van der Waals surface area contributed by atoms with Gasteiger partial charge in [0.15, 0.2) is 17.3 Å². The van der Waals surface area contributed by atoms with Crippen LogP contribution in [0.25, 0.3) is 6.08 Å². The van der Waals surface area contributed by atoms with Gasteiger partial charge in [-0.15, -0.1) is 0 Å². The maximum Gasteiger partial charge on any atom is 0.203 e. The van der Waals surface area contributed by atoms with Crippen LogP contribution in [-0.4, -0.2) is 33.7 Å². The minimum absolute atomic E-state index is 0.0428. The van der Waals surface area contributed by atoms with Crippen molar-refractivity contribution in [3.05, 3.63) is 51.5 Å². The Morgan fingerprint density at radius 3 is 2.35 bits per heavy atom. The molecule has 2 aromatic carbocycles. The average Bonchev–Trinajstić information content (AvgIpc) is 2.79. The Morgan fingerprint density at radius 1 is 1.04 bits per heavy atom. The Kier molecular flexibility index (Phi) is 5.52. The van der Waals surface area contributed by atoms with Crippen molar-refractivity contribution in [3.63, 3.8) is 0 Å². The molecule has 5 nitrogen and oxygen atoms in total. The Balaban J connectivity index is 2.04. The van der Waals surface area contributed by atoms with Crippen LogP contribution in [0.5, 0.6) is 23.0 Å². The minimum atomic E-state index is -0.0428. The Bertz CT molecular complexity index is 847. The second-order valence-corrected chi connectivity index (χ2v) is 6.61. The third kappa shape index (κ3) is 3.55. The van der Waals surface area contributed by atoms with E-state index in [0.29, 0.717) is 47.2 Å². The van der Waals surface area contributed by atoms with Crippen LogP contribution in [0.2, 0.25) is 0 Å². The van der Waals surface area contributed by atoms with Gasteiger partial charge in [-0.3, -0.25) is 4.79 Å². The van der Waals surface area contributed by atoms with E-state index in [4.69, 9.17) is 18.9 Å². The third-order valence-electron chi connectivity index (χ3n) is 4.14. The van der Waals surface area contributed by atoms with E-state index in [-0.39, 0.29) is 5.78 Å². The number of hydrogen-bond donors (Lipinski definition) is 0. The van der Waals surface area contributed by atoms with E-state index in [1.807, 2.05) is 30.3 Å². The predicted octanol–water partition coefficient (Wildman–Crippen LogP) is 4.52. The number of Topliss-reactive ketones (excluding diaryl/α,β-unsaturated/α-hetero) is 1. The number of fused-ring (bicyclic) bond motifs is 1.